The molecule has 4 heterocycles. The molecule has 8 heteroatoms. The average molecular weight is 594 g/mol. The van der Waals surface area contributed by atoms with Crippen molar-refractivity contribution in [3.05, 3.63) is 47.5 Å². The number of piperazine rings is 1. The zero-order chi connectivity index (χ0) is 30.2. The van der Waals surface area contributed by atoms with Gasteiger partial charge in [0, 0.05) is 88.2 Å². The summed E-state index contributed by atoms with van der Waals surface area (Å²) >= 11 is 0. The molecule has 2 aromatic rings. The van der Waals surface area contributed by atoms with Gasteiger partial charge in [-0.2, -0.15) is 0 Å². The van der Waals surface area contributed by atoms with Crippen LogP contribution in [-0.2, 0) is 14.2 Å². The minimum absolute atomic E-state index is 0.547. The van der Waals surface area contributed by atoms with Crippen LogP contribution < -0.4 is 19.6 Å². The van der Waals surface area contributed by atoms with Crippen LogP contribution in [0.4, 0.5) is 22.7 Å². The predicted molar refractivity (Wildman–Crippen MR) is 180 cm³/mol. The van der Waals surface area contributed by atoms with Crippen LogP contribution in [0.1, 0.15) is 50.7 Å². The largest absolute Gasteiger partial charge is 0.378 e. The number of morpholine rings is 3. The highest BCUT2D eigenvalue weighted by molar-refractivity contribution is 5.63. The van der Waals surface area contributed by atoms with Crippen molar-refractivity contribution in [3.63, 3.8) is 0 Å². The molecular weight excluding hydrogens is 538 g/mol. The van der Waals surface area contributed by atoms with E-state index in [1.165, 1.54) is 33.9 Å². The second kappa shape index (κ2) is 15.5. The molecule has 0 bridgehead atoms. The molecule has 238 valence electrons. The van der Waals surface area contributed by atoms with Crippen molar-refractivity contribution >= 4 is 22.7 Å². The van der Waals surface area contributed by atoms with Crippen molar-refractivity contribution in [2.45, 2.75) is 39.5 Å². The van der Waals surface area contributed by atoms with Crippen molar-refractivity contribution in [2.24, 2.45) is 0 Å². The third-order valence-electron chi connectivity index (χ3n) is 9.18. The molecule has 0 aliphatic carbocycles. The van der Waals surface area contributed by atoms with Crippen LogP contribution in [0.25, 0.3) is 0 Å². The van der Waals surface area contributed by atoms with Gasteiger partial charge in [-0.1, -0.05) is 27.7 Å². The molecule has 4 aliphatic heterocycles. The first-order valence-electron chi connectivity index (χ1n) is 16.6. The summed E-state index contributed by atoms with van der Waals surface area (Å²) in [5.41, 5.74) is 8.29. The number of rotatable bonds is 6. The maximum absolute atomic E-state index is 5.50. The highest BCUT2D eigenvalue weighted by Crippen LogP contribution is 2.31. The highest BCUT2D eigenvalue weighted by atomic mass is 16.5. The van der Waals surface area contributed by atoms with Crippen molar-refractivity contribution in [3.8, 4) is 0 Å². The van der Waals surface area contributed by atoms with Gasteiger partial charge < -0.3 is 38.7 Å². The third kappa shape index (κ3) is 8.78. The Kier molecular flexibility index (Phi) is 11.5. The quantitative estimate of drug-likeness (QED) is 0.470. The fourth-order valence-electron chi connectivity index (χ4n) is 6.16. The first-order valence-corrected chi connectivity index (χ1v) is 16.6. The van der Waals surface area contributed by atoms with E-state index in [0.717, 1.165) is 105 Å². The molecule has 0 unspecified atom stereocenters. The lowest BCUT2D eigenvalue weighted by atomic mass is 10.0. The maximum atomic E-state index is 5.50. The van der Waals surface area contributed by atoms with Gasteiger partial charge in [-0.15, -0.1) is 0 Å². The summed E-state index contributed by atoms with van der Waals surface area (Å²) in [4.78, 5) is 12.3. The van der Waals surface area contributed by atoms with E-state index in [9.17, 15) is 0 Å². The number of likely N-dealkylation sites (N-methyl/N-ethyl adjacent to an activating group) is 1. The van der Waals surface area contributed by atoms with E-state index in [2.05, 4.69) is 95.6 Å². The molecule has 4 aliphatic rings. The molecule has 0 N–H and O–H groups in total. The van der Waals surface area contributed by atoms with Gasteiger partial charge in [0.05, 0.1) is 39.6 Å². The predicted octanol–water partition coefficient (Wildman–Crippen LogP) is 4.88. The normalized spacial score (nSPS) is 20.4. The minimum atomic E-state index is 0.547. The van der Waals surface area contributed by atoms with E-state index in [-0.39, 0.29) is 0 Å². The fraction of sp³-hybridized carbons (Fsp3) is 0.657. The van der Waals surface area contributed by atoms with Crippen LogP contribution in [0.15, 0.2) is 36.4 Å². The lowest BCUT2D eigenvalue weighted by Crippen LogP contribution is -2.44. The lowest BCUT2D eigenvalue weighted by Gasteiger charge is -2.36. The Morgan fingerprint density at radius 1 is 0.419 bits per heavy atom. The van der Waals surface area contributed by atoms with Gasteiger partial charge in [0.25, 0.3) is 0 Å². The van der Waals surface area contributed by atoms with Gasteiger partial charge in [-0.05, 0) is 66.4 Å². The van der Waals surface area contributed by atoms with Crippen LogP contribution in [0.2, 0.25) is 0 Å². The molecule has 4 saturated heterocycles. The number of hydrogen-bond acceptors (Lipinski definition) is 8. The number of hydrogen-bond donors (Lipinski definition) is 0. The molecule has 2 aromatic carbocycles. The van der Waals surface area contributed by atoms with Crippen molar-refractivity contribution in [1.82, 2.24) is 4.90 Å². The second-order valence-electron chi connectivity index (χ2n) is 13.0. The van der Waals surface area contributed by atoms with E-state index >= 15 is 0 Å². The van der Waals surface area contributed by atoms with Crippen LogP contribution in [-0.4, -0.2) is 117 Å². The highest BCUT2D eigenvalue weighted by Gasteiger charge is 2.20. The molecule has 0 spiro atoms. The van der Waals surface area contributed by atoms with E-state index in [0.29, 0.717) is 11.8 Å². The van der Waals surface area contributed by atoms with Crippen LogP contribution in [0.3, 0.4) is 0 Å². The summed E-state index contributed by atoms with van der Waals surface area (Å²) in [6, 6.07) is 14.2. The molecule has 43 heavy (non-hydrogen) atoms. The smallest absolute Gasteiger partial charge is 0.0642 e. The molecule has 0 saturated carbocycles. The van der Waals surface area contributed by atoms with Crippen molar-refractivity contribution < 1.29 is 14.2 Å². The van der Waals surface area contributed by atoms with Gasteiger partial charge in [0.15, 0.2) is 0 Å². The van der Waals surface area contributed by atoms with Crippen molar-refractivity contribution in [2.75, 3.05) is 132 Å². The Hall–Kier alpha value is -2.52. The van der Waals surface area contributed by atoms with Gasteiger partial charge >= 0.3 is 0 Å². The summed E-state index contributed by atoms with van der Waals surface area (Å²) < 4.78 is 16.5. The number of nitrogens with zero attached hydrogens (tertiary/aromatic N) is 5. The Bertz CT molecular complexity index is 1100. The van der Waals surface area contributed by atoms with Crippen LogP contribution in [0.5, 0.6) is 0 Å². The summed E-state index contributed by atoms with van der Waals surface area (Å²) in [5.74, 6) is 1.11. The second-order valence-corrected chi connectivity index (χ2v) is 13.0. The molecular formula is C35H55N5O3. The summed E-state index contributed by atoms with van der Waals surface area (Å²) in [7, 11) is 2.21. The number of benzene rings is 2. The molecule has 4 fully saturated rings. The first-order chi connectivity index (χ1) is 20.9. The molecule has 6 rings (SSSR count). The summed E-state index contributed by atoms with van der Waals surface area (Å²) in [6.45, 7) is 24.6. The first kappa shape index (κ1) is 31.9. The van der Waals surface area contributed by atoms with Gasteiger partial charge in [0.1, 0.15) is 0 Å². The van der Waals surface area contributed by atoms with E-state index < -0.39 is 0 Å². The standard InChI is InChI=1S/C18H29N3O.C17H26N2O2/c1-15(2)16-12-17(20-6-4-19(3)5-7-20)14-18(13-16)21-8-10-22-11-9-21;1-14(2)15-11-16(18-3-7-20-8-4-18)13-17(12-15)19-5-9-21-10-6-19/h12-15H,4-11H2,1-3H3;11-14H,3-10H2,1-2H3. The number of ether oxygens (including phenoxy) is 3. The van der Waals surface area contributed by atoms with E-state index in [1.54, 1.807) is 0 Å². The van der Waals surface area contributed by atoms with Gasteiger partial charge in [0.2, 0.25) is 0 Å². The fourth-order valence-corrected chi connectivity index (χ4v) is 6.16. The Morgan fingerprint density at radius 3 is 0.977 bits per heavy atom. The molecule has 0 radical (unpaired) electrons. The Morgan fingerprint density at radius 2 is 0.698 bits per heavy atom. The molecule has 0 amide bonds. The summed E-state index contributed by atoms with van der Waals surface area (Å²) in [6.07, 6.45) is 0. The Labute approximate surface area is 260 Å². The minimum Gasteiger partial charge on any atom is -0.378 e. The van der Waals surface area contributed by atoms with E-state index in [4.69, 9.17) is 14.2 Å². The average Bonchev–Trinajstić information content (AvgIpc) is 3.06. The lowest BCUT2D eigenvalue weighted by molar-refractivity contribution is 0.122. The third-order valence-corrected chi connectivity index (χ3v) is 9.18. The van der Waals surface area contributed by atoms with E-state index in [1.807, 2.05) is 0 Å². The monoisotopic (exact) mass is 593 g/mol. The van der Waals surface area contributed by atoms with Gasteiger partial charge in [-0.3, -0.25) is 0 Å². The molecule has 8 nitrogen and oxygen atoms in total. The SMILES string of the molecule is CC(C)c1cc(N2CCOCC2)cc(N2CCN(C)CC2)c1.CC(C)c1cc(N2CCOCC2)cc(N2CCOCC2)c1. The zero-order valence-electron chi connectivity index (χ0n) is 27.4. The zero-order valence-corrected chi connectivity index (χ0v) is 27.4. The topological polar surface area (TPSA) is 43.9 Å². The summed E-state index contributed by atoms with van der Waals surface area (Å²) in [5, 5.41) is 0. The molecule has 0 atom stereocenters. The maximum Gasteiger partial charge on any atom is 0.0642 e. The van der Waals surface area contributed by atoms with Gasteiger partial charge in [-0.25, -0.2) is 0 Å². The Balaban J connectivity index is 0.000000171. The van der Waals surface area contributed by atoms with Crippen LogP contribution >= 0.6 is 0 Å². The van der Waals surface area contributed by atoms with Crippen LogP contribution in [0, 0.1) is 0 Å². The van der Waals surface area contributed by atoms with Crippen molar-refractivity contribution in [1.29, 1.82) is 0 Å². The number of anilines is 4. The molecule has 0 aromatic heterocycles.